The van der Waals surface area contributed by atoms with Crippen molar-refractivity contribution in [2.75, 3.05) is 0 Å². The molecule has 0 aliphatic rings. The molecule has 1 rings (SSSR count). The summed E-state index contributed by atoms with van der Waals surface area (Å²) >= 11 is 1.48. The van der Waals surface area contributed by atoms with Crippen molar-refractivity contribution in [1.29, 1.82) is 0 Å². The molecule has 0 aliphatic carbocycles. The number of aromatic nitrogens is 1. The van der Waals surface area contributed by atoms with Gasteiger partial charge in [0.05, 0.1) is 0 Å². The molecule has 0 bridgehead atoms. The second kappa shape index (κ2) is 7.30. The van der Waals surface area contributed by atoms with Crippen LogP contribution in [-0.2, 0) is 9.88 Å². The van der Waals surface area contributed by atoms with Crippen molar-refractivity contribution < 1.29 is 9.88 Å². The number of nitrogens with zero attached hydrogens (tertiary/aromatic N) is 2. The Labute approximate surface area is 92.3 Å². The van der Waals surface area contributed by atoms with Gasteiger partial charge in [-0.25, -0.2) is 4.98 Å². The summed E-state index contributed by atoms with van der Waals surface area (Å²) in [5.74, 6) is 0. The van der Waals surface area contributed by atoms with Crippen LogP contribution in [0.25, 0.3) is 0 Å². The summed E-state index contributed by atoms with van der Waals surface area (Å²) in [7, 11) is 0. The van der Waals surface area contributed by atoms with Crippen molar-refractivity contribution >= 4 is 11.3 Å². The lowest BCUT2D eigenvalue weighted by Gasteiger charge is -2.10. The minimum absolute atomic E-state index is 0.283. The Bertz CT molecular complexity index is 266. The molecule has 6 heteroatoms. The number of unbranched alkanes of at least 4 members (excludes halogenated alkanes) is 2. The quantitative estimate of drug-likeness (QED) is 0.297. The van der Waals surface area contributed by atoms with Crippen LogP contribution in [0.2, 0.25) is 0 Å². The van der Waals surface area contributed by atoms with Crippen molar-refractivity contribution in [2.24, 2.45) is 5.34 Å². The lowest BCUT2D eigenvalue weighted by molar-refractivity contribution is -0.331. The van der Waals surface area contributed by atoms with Gasteiger partial charge in [-0.3, -0.25) is 0 Å². The summed E-state index contributed by atoms with van der Waals surface area (Å²) in [6, 6.07) is 0. The fourth-order valence-electron chi connectivity index (χ4n) is 1.26. The summed E-state index contributed by atoms with van der Waals surface area (Å²) in [5, 5.41) is 4.89. The van der Waals surface area contributed by atoms with Crippen LogP contribution in [0.4, 0.5) is 0 Å². The van der Waals surface area contributed by atoms with E-state index in [1.165, 1.54) is 11.3 Å². The highest BCUT2D eigenvalue weighted by Gasteiger charge is 2.16. The molecular formula is C9H14N2O3S. The molecule has 0 fully saturated rings. The predicted octanol–water partition coefficient (Wildman–Crippen LogP) is 3.39. The van der Waals surface area contributed by atoms with E-state index in [-0.39, 0.29) is 6.10 Å². The SMILES string of the molecule is CCCCCC(OON=O)c1nccs1. The van der Waals surface area contributed by atoms with E-state index in [9.17, 15) is 4.91 Å². The first kappa shape index (κ1) is 12.1. The van der Waals surface area contributed by atoms with Gasteiger partial charge in [-0.1, -0.05) is 26.2 Å². The summed E-state index contributed by atoms with van der Waals surface area (Å²) in [4.78, 5) is 22.8. The molecule has 0 spiro atoms. The van der Waals surface area contributed by atoms with E-state index >= 15 is 0 Å². The van der Waals surface area contributed by atoms with E-state index in [0.29, 0.717) is 0 Å². The highest BCUT2D eigenvalue weighted by Crippen LogP contribution is 2.25. The van der Waals surface area contributed by atoms with Gasteiger partial charge in [0.1, 0.15) is 5.01 Å². The van der Waals surface area contributed by atoms with Gasteiger partial charge in [0.15, 0.2) is 11.4 Å². The Kier molecular flexibility index (Phi) is 5.87. The molecule has 0 radical (unpaired) electrons. The first-order valence-corrected chi connectivity index (χ1v) is 5.81. The maximum Gasteiger partial charge on any atom is 0.190 e. The minimum atomic E-state index is -0.283. The van der Waals surface area contributed by atoms with Gasteiger partial charge in [-0.2, -0.15) is 9.88 Å². The summed E-state index contributed by atoms with van der Waals surface area (Å²) in [6.07, 6.45) is 5.48. The van der Waals surface area contributed by atoms with E-state index in [4.69, 9.17) is 4.89 Å². The molecule has 0 N–H and O–H groups in total. The van der Waals surface area contributed by atoms with Gasteiger partial charge in [0.2, 0.25) is 0 Å². The predicted molar refractivity (Wildman–Crippen MR) is 57.0 cm³/mol. The molecule has 84 valence electrons. The second-order valence-corrected chi connectivity index (χ2v) is 4.03. The van der Waals surface area contributed by atoms with Crippen LogP contribution in [0.3, 0.4) is 0 Å². The summed E-state index contributed by atoms with van der Waals surface area (Å²) in [5.41, 5.74) is 0. The molecule has 1 heterocycles. The molecule has 5 nitrogen and oxygen atoms in total. The van der Waals surface area contributed by atoms with Crippen molar-refractivity contribution in [3.63, 3.8) is 0 Å². The molecule has 0 aliphatic heterocycles. The van der Waals surface area contributed by atoms with Gasteiger partial charge in [0.25, 0.3) is 0 Å². The van der Waals surface area contributed by atoms with Gasteiger partial charge < -0.3 is 0 Å². The third kappa shape index (κ3) is 4.35. The largest absolute Gasteiger partial charge is 0.247 e. The smallest absolute Gasteiger partial charge is 0.190 e. The zero-order valence-corrected chi connectivity index (χ0v) is 9.40. The van der Waals surface area contributed by atoms with Crippen molar-refractivity contribution in [3.05, 3.63) is 21.5 Å². The third-order valence-corrected chi connectivity index (χ3v) is 2.85. The zero-order chi connectivity index (χ0) is 10.9. The van der Waals surface area contributed by atoms with Crippen LogP contribution in [0, 0.1) is 4.91 Å². The summed E-state index contributed by atoms with van der Waals surface area (Å²) < 4.78 is 0. The Morgan fingerprint density at radius 3 is 3.07 bits per heavy atom. The van der Waals surface area contributed by atoms with Gasteiger partial charge in [0, 0.05) is 11.6 Å². The van der Waals surface area contributed by atoms with Crippen molar-refractivity contribution in [3.8, 4) is 0 Å². The highest BCUT2D eigenvalue weighted by molar-refractivity contribution is 7.09. The Morgan fingerprint density at radius 1 is 1.60 bits per heavy atom. The molecular weight excluding hydrogens is 216 g/mol. The molecule has 1 aromatic rings. The number of hydrogen-bond acceptors (Lipinski definition) is 6. The van der Waals surface area contributed by atoms with E-state index < -0.39 is 0 Å². The lowest BCUT2D eigenvalue weighted by Crippen LogP contribution is -2.03. The van der Waals surface area contributed by atoms with Crippen LogP contribution in [-0.4, -0.2) is 4.98 Å². The van der Waals surface area contributed by atoms with Gasteiger partial charge in [-0.15, -0.1) is 16.2 Å². The topological polar surface area (TPSA) is 60.8 Å². The maximum absolute atomic E-state index is 9.79. The molecule has 0 aromatic carbocycles. The highest BCUT2D eigenvalue weighted by atomic mass is 32.1. The van der Waals surface area contributed by atoms with E-state index in [0.717, 1.165) is 30.7 Å². The fraction of sp³-hybridized carbons (Fsp3) is 0.667. The Morgan fingerprint density at radius 2 is 2.47 bits per heavy atom. The van der Waals surface area contributed by atoms with Crippen LogP contribution < -0.4 is 0 Å². The Hall–Kier alpha value is -1.01. The normalized spacial score (nSPS) is 12.3. The van der Waals surface area contributed by atoms with Crippen LogP contribution in [0.5, 0.6) is 0 Å². The number of rotatable bonds is 8. The standard InChI is InChI=1S/C9H14N2O3S/c1-2-3-4-5-8(13-14-11-12)9-10-6-7-15-9/h6-8H,2-5H2,1H3. The Balaban J connectivity index is 2.42. The number of hydrogen-bond donors (Lipinski definition) is 0. The van der Waals surface area contributed by atoms with Gasteiger partial charge in [-0.05, 0) is 6.42 Å². The molecule has 1 atom stereocenters. The van der Waals surface area contributed by atoms with Crippen LogP contribution in [0.1, 0.15) is 43.7 Å². The van der Waals surface area contributed by atoms with E-state index in [1.54, 1.807) is 6.20 Å². The monoisotopic (exact) mass is 230 g/mol. The summed E-state index contributed by atoms with van der Waals surface area (Å²) in [6.45, 7) is 2.13. The second-order valence-electron chi connectivity index (χ2n) is 3.10. The average molecular weight is 230 g/mol. The molecule has 0 amide bonds. The lowest BCUT2D eigenvalue weighted by atomic mass is 10.1. The van der Waals surface area contributed by atoms with Crippen LogP contribution >= 0.6 is 11.3 Å². The zero-order valence-electron chi connectivity index (χ0n) is 8.59. The van der Waals surface area contributed by atoms with Crippen molar-refractivity contribution in [1.82, 2.24) is 4.98 Å². The average Bonchev–Trinajstić information content (AvgIpc) is 2.76. The first-order valence-electron chi connectivity index (χ1n) is 4.93. The van der Waals surface area contributed by atoms with Crippen molar-refractivity contribution in [2.45, 2.75) is 38.7 Å². The molecule has 1 unspecified atom stereocenters. The van der Waals surface area contributed by atoms with E-state index in [1.807, 2.05) is 5.38 Å². The maximum atomic E-state index is 9.79. The molecule has 0 saturated heterocycles. The molecule has 1 aromatic heterocycles. The van der Waals surface area contributed by atoms with E-state index in [2.05, 4.69) is 22.2 Å². The van der Waals surface area contributed by atoms with Crippen LogP contribution in [0.15, 0.2) is 16.9 Å². The molecule has 0 saturated carbocycles. The molecule has 15 heavy (non-hydrogen) atoms. The first-order chi connectivity index (χ1) is 7.38. The third-order valence-electron chi connectivity index (χ3n) is 1.99. The van der Waals surface area contributed by atoms with Gasteiger partial charge >= 0.3 is 0 Å². The minimum Gasteiger partial charge on any atom is -0.247 e. The number of thiazole rings is 1. The fourth-order valence-corrected chi connectivity index (χ4v) is 1.95.